The predicted molar refractivity (Wildman–Crippen MR) is 64.9 cm³/mol. The van der Waals surface area contributed by atoms with E-state index < -0.39 is 0 Å². The van der Waals surface area contributed by atoms with Crippen molar-refractivity contribution in [1.29, 1.82) is 0 Å². The highest BCUT2D eigenvalue weighted by atomic mass is 79.9. The van der Waals surface area contributed by atoms with Crippen LogP contribution in [0.5, 0.6) is 5.75 Å². The fourth-order valence-electron chi connectivity index (χ4n) is 2.05. The standard InChI is InChI=1S/C12H16BrNO/c1-7-5-9(7)12(14)10-6-8(13)3-4-11(10)15-2/h3-4,6-7,9,12H,5,14H2,1-2H3. The fraction of sp³-hybridized carbons (Fsp3) is 0.500. The van der Waals surface area contributed by atoms with E-state index in [4.69, 9.17) is 10.5 Å². The van der Waals surface area contributed by atoms with Gasteiger partial charge in [-0.2, -0.15) is 0 Å². The molecule has 0 saturated heterocycles. The van der Waals surface area contributed by atoms with E-state index in [0.29, 0.717) is 5.92 Å². The topological polar surface area (TPSA) is 35.2 Å². The van der Waals surface area contributed by atoms with Crippen molar-refractivity contribution in [3.8, 4) is 5.75 Å². The van der Waals surface area contributed by atoms with Gasteiger partial charge in [-0.25, -0.2) is 0 Å². The lowest BCUT2D eigenvalue weighted by molar-refractivity contribution is 0.401. The summed E-state index contributed by atoms with van der Waals surface area (Å²) in [5.41, 5.74) is 7.35. The molecule has 0 amide bonds. The third kappa shape index (κ3) is 2.18. The molecule has 1 aromatic rings. The molecule has 3 unspecified atom stereocenters. The summed E-state index contributed by atoms with van der Waals surface area (Å²) in [6.07, 6.45) is 1.23. The number of ether oxygens (including phenoxy) is 1. The van der Waals surface area contributed by atoms with Crippen LogP contribution in [0.1, 0.15) is 24.9 Å². The monoisotopic (exact) mass is 269 g/mol. The second-order valence-electron chi connectivity index (χ2n) is 4.29. The van der Waals surface area contributed by atoms with Gasteiger partial charge in [0.1, 0.15) is 5.75 Å². The number of rotatable bonds is 3. The first kappa shape index (κ1) is 11.0. The van der Waals surface area contributed by atoms with Crippen molar-refractivity contribution < 1.29 is 4.74 Å². The van der Waals surface area contributed by atoms with Crippen LogP contribution in [0.25, 0.3) is 0 Å². The number of hydrogen-bond donors (Lipinski definition) is 1. The van der Waals surface area contributed by atoms with Gasteiger partial charge in [-0.05, 0) is 36.5 Å². The van der Waals surface area contributed by atoms with E-state index in [9.17, 15) is 0 Å². The van der Waals surface area contributed by atoms with Crippen LogP contribution in [0.2, 0.25) is 0 Å². The average Bonchev–Trinajstić information content (AvgIpc) is 2.94. The average molecular weight is 270 g/mol. The first-order valence-electron chi connectivity index (χ1n) is 5.22. The Balaban J connectivity index is 2.28. The Morgan fingerprint density at radius 3 is 2.73 bits per heavy atom. The molecule has 2 N–H and O–H groups in total. The van der Waals surface area contributed by atoms with E-state index >= 15 is 0 Å². The summed E-state index contributed by atoms with van der Waals surface area (Å²) in [7, 11) is 1.69. The fourth-order valence-corrected chi connectivity index (χ4v) is 2.43. The lowest BCUT2D eigenvalue weighted by atomic mass is 10.0. The molecule has 2 rings (SSSR count). The molecule has 1 aromatic carbocycles. The zero-order valence-corrected chi connectivity index (χ0v) is 10.6. The number of hydrogen-bond acceptors (Lipinski definition) is 2. The first-order chi connectivity index (χ1) is 7.13. The third-order valence-corrected chi connectivity index (χ3v) is 3.68. The summed E-state index contributed by atoms with van der Waals surface area (Å²) in [6, 6.07) is 6.11. The SMILES string of the molecule is COc1ccc(Br)cc1C(N)C1CC1C. The van der Waals surface area contributed by atoms with Crippen LogP contribution >= 0.6 is 15.9 Å². The molecule has 3 heteroatoms. The highest BCUT2D eigenvalue weighted by Crippen LogP contribution is 2.47. The van der Waals surface area contributed by atoms with Crippen molar-refractivity contribution in [1.82, 2.24) is 0 Å². The predicted octanol–water partition coefficient (Wildman–Crippen LogP) is 3.11. The van der Waals surface area contributed by atoms with Crippen LogP contribution in [-0.2, 0) is 0 Å². The summed E-state index contributed by atoms with van der Waals surface area (Å²) in [5.74, 6) is 2.27. The number of benzene rings is 1. The van der Waals surface area contributed by atoms with Gasteiger partial charge in [-0.1, -0.05) is 22.9 Å². The van der Waals surface area contributed by atoms with E-state index in [1.54, 1.807) is 7.11 Å². The minimum absolute atomic E-state index is 0.104. The minimum atomic E-state index is 0.104. The molecule has 0 radical (unpaired) electrons. The van der Waals surface area contributed by atoms with Gasteiger partial charge in [0.2, 0.25) is 0 Å². The molecule has 1 fully saturated rings. The Kier molecular flexibility index (Phi) is 3.03. The molecule has 2 nitrogen and oxygen atoms in total. The maximum absolute atomic E-state index is 6.24. The molecule has 0 spiro atoms. The van der Waals surface area contributed by atoms with Crippen LogP contribution in [0.3, 0.4) is 0 Å². The van der Waals surface area contributed by atoms with Gasteiger partial charge in [0.05, 0.1) is 7.11 Å². The third-order valence-electron chi connectivity index (χ3n) is 3.18. The van der Waals surface area contributed by atoms with Crippen molar-refractivity contribution in [2.24, 2.45) is 17.6 Å². The Bertz CT molecular complexity index is 367. The van der Waals surface area contributed by atoms with E-state index in [1.807, 2.05) is 12.1 Å². The molecular weight excluding hydrogens is 254 g/mol. The highest BCUT2D eigenvalue weighted by Gasteiger charge is 2.39. The Morgan fingerprint density at radius 1 is 1.53 bits per heavy atom. The van der Waals surface area contributed by atoms with Gasteiger partial charge < -0.3 is 10.5 Å². The Hall–Kier alpha value is -0.540. The van der Waals surface area contributed by atoms with Crippen molar-refractivity contribution >= 4 is 15.9 Å². The number of nitrogens with two attached hydrogens (primary N) is 1. The van der Waals surface area contributed by atoms with Gasteiger partial charge >= 0.3 is 0 Å². The quantitative estimate of drug-likeness (QED) is 0.915. The molecule has 3 atom stereocenters. The number of methoxy groups -OCH3 is 1. The summed E-state index contributed by atoms with van der Waals surface area (Å²) in [4.78, 5) is 0. The lowest BCUT2D eigenvalue weighted by Crippen LogP contribution is -2.14. The molecule has 15 heavy (non-hydrogen) atoms. The summed E-state index contributed by atoms with van der Waals surface area (Å²) >= 11 is 3.47. The summed E-state index contributed by atoms with van der Waals surface area (Å²) < 4.78 is 6.39. The van der Waals surface area contributed by atoms with Gasteiger partial charge in [0, 0.05) is 16.1 Å². The van der Waals surface area contributed by atoms with Crippen LogP contribution in [0, 0.1) is 11.8 Å². The molecule has 1 aliphatic rings. The Labute approximate surface area is 98.9 Å². The van der Waals surface area contributed by atoms with E-state index in [-0.39, 0.29) is 6.04 Å². The largest absolute Gasteiger partial charge is 0.496 e. The molecule has 0 aromatic heterocycles. The van der Waals surface area contributed by atoms with E-state index in [1.165, 1.54) is 6.42 Å². The Morgan fingerprint density at radius 2 is 2.20 bits per heavy atom. The van der Waals surface area contributed by atoms with Crippen LogP contribution < -0.4 is 10.5 Å². The second-order valence-corrected chi connectivity index (χ2v) is 5.20. The van der Waals surface area contributed by atoms with Crippen molar-refractivity contribution in [3.05, 3.63) is 28.2 Å². The van der Waals surface area contributed by atoms with Crippen molar-refractivity contribution in [2.45, 2.75) is 19.4 Å². The maximum atomic E-state index is 6.24. The van der Waals surface area contributed by atoms with Gasteiger partial charge in [-0.3, -0.25) is 0 Å². The van der Waals surface area contributed by atoms with Crippen LogP contribution in [0.15, 0.2) is 22.7 Å². The van der Waals surface area contributed by atoms with Crippen LogP contribution in [-0.4, -0.2) is 7.11 Å². The molecular formula is C12H16BrNO. The number of halogens is 1. The zero-order valence-electron chi connectivity index (χ0n) is 9.03. The molecule has 0 bridgehead atoms. The van der Waals surface area contributed by atoms with Crippen LogP contribution in [0.4, 0.5) is 0 Å². The van der Waals surface area contributed by atoms with Crippen molar-refractivity contribution in [2.75, 3.05) is 7.11 Å². The molecule has 1 aliphatic carbocycles. The second kappa shape index (κ2) is 4.14. The van der Waals surface area contributed by atoms with E-state index in [0.717, 1.165) is 21.7 Å². The van der Waals surface area contributed by atoms with Gasteiger partial charge in [0.25, 0.3) is 0 Å². The molecule has 0 aliphatic heterocycles. The molecule has 1 saturated carbocycles. The molecule has 0 heterocycles. The normalized spacial score (nSPS) is 26.1. The van der Waals surface area contributed by atoms with Gasteiger partial charge in [0.15, 0.2) is 0 Å². The summed E-state index contributed by atoms with van der Waals surface area (Å²) in [6.45, 7) is 2.25. The summed E-state index contributed by atoms with van der Waals surface area (Å²) in [5, 5.41) is 0. The van der Waals surface area contributed by atoms with Gasteiger partial charge in [-0.15, -0.1) is 0 Å². The molecule has 82 valence electrons. The lowest BCUT2D eigenvalue weighted by Gasteiger charge is -2.15. The van der Waals surface area contributed by atoms with E-state index in [2.05, 4.69) is 28.9 Å². The van der Waals surface area contributed by atoms with Crippen molar-refractivity contribution in [3.63, 3.8) is 0 Å². The first-order valence-corrected chi connectivity index (χ1v) is 6.01. The zero-order chi connectivity index (χ0) is 11.0. The highest BCUT2D eigenvalue weighted by molar-refractivity contribution is 9.10. The maximum Gasteiger partial charge on any atom is 0.123 e. The smallest absolute Gasteiger partial charge is 0.123 e. The minimum Gasteiger partial charge on any atom is -0.496 e.